The number of hydrogen-bond donors (Lipinski definition) is 0. The second kappa shape index (κ2) is 4.16. The fraction of sp³-hybridized carbons (Fsp3) is 0.462. The van der Waals surface area contributed by atoms with Crippen LogP contribution in [-0.4, -0.2) is 26.0 Å². The smallest absolute Gasteiger partial charge is 0.131 e. The minimum Gasteiger partial charge on any atom is -0.497 e. The Morgan fingerprint density at radius 1 is 1.25 bits per heavy atom. The molecule has 1 aliphatic rings. The predicted octanol–water partition coefficient (Wildman–Crippen LogP) is 2.46. The van der Waals surface area contributed by atoms with Gasteiger partial charge in [-0.3, -0.25) is 4.99 Å². The van der Waals surface area contributed by atoms with Crippen LogP contribution in [0, 0.1) is 0 Å². The van der Waals surface area contributed by atoms with Gasteiger partial charge in [-0.05, 0) is 31.9 Å². The summed E-state index contributed by atoms with van der Waals surface area (Å²) >= 11 is 0. The van der Waals surface area contributed by atoms with E-state index in [2.05, 4.69) is 18.0 Å². The molecule has 1 aromatic rings. The van der Waals surface area contributed by atoms with E-state index in [4.69, 9.17) is 9.47 Å². The van der Waals surface area contributed by atoms with Gasteiger partial charge in [-0.25, -0.2) is 0 Å². The van der Waals surface area contributed by atoms with E-state index in [1.165, 1.54) is 5.56 Å². The second-order valence-electron chi connectivity index (χ2n) is 4.13. The summed E-state index contributed by atoms with van der Waals surface area (Å²) in [6.07, 6.45) is 0.945. The zero-order valence-corrected chi connectivity index (χ0v) is 10.2. The van der Waals surface area contributed by atoms with E-state index in [1.807, 2.05) is 13.0 Å². The van der Waals surface area contributed by atoms with E-state index < -0.39 is 0 Å². The van der Waals surface area contributed by atoms with Crippen LogP contribution in [0.3, 0.4) is 0 Å². The van der Waals surface area contributed by atoms with Crippen molar-refractivity contribution in [3.05, 3.63) is 23.3 Å². The molecule has 1 aliphatic heterocycles. The van der Waals surface area contributed by atoms with E-state index in [-0.39, 0.29) is 0 Å². The quantitative estimate of drug-likeness (QED) is 0.765. The van der Waals surface area contributed by atoms with Gasteiger partial charge in [0.2, 0.25) is 0 Å². The molecule has 0 aromatic heterocycles. The number of methoxy groups -OCH3 is 2. The number of benzene rings is 1. The molecule has 0 spiro atoms. The van der Waals surface area contributed by atoms with Crippen molar-refractivity contribution < 1.29 is 9.47 Å². The number of rotatable bonds is 2. The van der Waals surface area contributed by atoms with Crippen LogP contribution < -0.4 is 9.47 Å². The molecule has 0 aliphatic carbocycles. The van der Waals surface area contributed by atoms with E-state index in [0.717, 1.165) is 29.2 Å². The maximum atomic E-state index is 5.40. The Kier molecular flexibility index (Phi) is 2.86. The molecule has 16 heavy (non-hydrogen) atoms. The van der Waals surface area contributed by atoms with Gasteiger partial charge in [-0.1, -0.05) is 0 Å². The van der Waals surface area contributed by atoms with Crippen molar-refractivity contribution in [2.75, 3.05) is 14.2 Å². The van der Waals surface area contributed by atoms with Crippen LogP contribution in [0.15, 0.2) is 17.1 Å². The zero-order chi connectivity index (χ0) is 11.7. The Morgan fingerprint density at radius 3 is 2.62 bits per heavy atom. The van der Waals surface area contributed by atoms with Crippen molar-refractivity contribution in [2.45, 2.75) is 26.3 Å². The molecular formula is C13H17NO2. The number of ether oxygens (including phenoxy) is 2. The lowest BCUT2D eigenvalue weighted by molar-refractivity contribution is 0.392. The average Bonchev–Trinajstić information content (AvgIpc) is 2.26. The number of hydrogen-bond acceptors (Lipinski definition) is 3. The highest BCUT2D eigenvalue weighted by Gasteiger charge is 2.20. The lowest BCUT2D eigenvalue weighted by Gasteiger charge is -2.22. The van der Waals surface area contributed by atoms with E-state index in [0.29, 0.717) is 6.04 Å². The van der Waals surface area contributed by atoms with Gasteiger partial charge < -0.3 is 9.47 Å². The Balaban J connectivity index is 2.59. The molecule has 0 fully saturated rings. The van der Waals surface area contributed by atoms with Crippen molar-refractivity contribution in [3.8, 4) is 11.5 Å². The van der Waals surface area contributed by atoms with Gasteiger partial charge >= 0.3 is 0 Å². The molecule has 1 atom stereocenters. The van der Waals surface area contributed by atoms with Crippen molar-refractivity contribution in [1.29, 1.82) is 0 Å². The van der Waals surface area contributed by atoms with Crippen molar-refractivity contribution >= 4 is 5.71 Å². The molecule has 2 rings (SSSR count). The SMILES string of the molecule is COc1cc2c(c(OC)c1)C(C)=N[C@@H](C)C2. The monoisotopic (exact) mass is 219 g/mol. The van der Waals surface area contributed by atoms with Gasteiger partial charge in [0.05, 0.1) is 20.3 Å². The van der Waals surface area contributed by atoms with E-state index in [9.17, 15) is 0 Å². The van der Waals surface area contributed by atoms with Crippen LogP contribution in [0.5, 0.6) is 11.5 Å². The third-order valence-electron chi connectivity index (χ3n) is 2.90. The summed E-state index contributed by atoms with van der Waals surface area (Å²) in [5.74, 6) is 1.69. The first-order valence-electron chi connectivity index (χ1n) is 5.45. The van der Waals surface area contributed by atoms with Crippen LogP contribution in [-0.2, 0) is 6.42 Å². The summed E-state index contributed by atoms with van der Waals surface area (Å²) in [6, 6.07) is 4.32. The minimum atomic E-state index is 0.337. The molecule has 0 saturated heterocycles. The summed E-state index contributed by atoms with van der Waals surface area (Å²) in [6.45, 7) is 4.15. The first-order chi connectivity index (χ1) is 7.65. The molecule has 1 heterocycles. The molecule has 86 valence electrons. The molecule has 0 radical (unpaired) electrons. The van der Waals surface area contributed by atoms with Gasteiger partial charge in [-0.15, -0.1) is 0 Å². The summed E-state index contributed by atoms with van der Waals surface area (Å²) in [7, 11) is 3.36. The summed E-state index contributed by atoms with van der Waals surface area (Å²) in [5.41, 5.74) is 3.44. The summed E-state index contributed by atoms with van der Waals surface area (Å²) in [5, 5.41) is 0. The molecular weight excluding hydrogens is 202 g/mol. The highest BCUT2D eigenvalue weighted by atomic mass is 16.5. The molecule has 0 saturated carbocycles. The summed E-state index contributed by atoms with van der Waals surface area (Å²) in [4.78, 5) is 4.58. The Morgan fingerprint density at radius 2 is 2.00 bits per heavy atom. The number of aliphatic imine (C=N–C) groups is 1. The topological polar surface area (TPSA) is 30.8 Å². The lowest BCUT2D eigenvalue weighted by atomic mass is 9.93. The highest BCUT2D eigenvalue weighted by molar-refractivity contribution is 6.03. The first-order valence-corrected chi connectivity index (χ1v) is 5.45. The Labute approximate surface area is 96.1 Å². The Hall–Kier alpha value is -1.51. The second-order valence-corrected chi connectivity index (χ2v) is 4.13. The normalized spacial score (nSPS) is 18.8. The summed E-state index contributed by atoms with van der Waals surface area (Å²) < 4.78 is 10.7. The van der Waals surface area contributed by atoms with Crippen LogP contribution in [0.25, 0.3) is 0 Å². The largest absolute Gasteiger partial charge is 0.497 e. The molecule has 3 nitrogen and oxygen atoms in total. The van der Waals surface area contributed by atoms with Gasteiger partial charge in [0.15, 0.2) is 0 Å². The van der Waals surface area contributed by atoms with Crippen LogP contribution in [0.2, 0.25) is 0 Å². The highest BCUT2D eigenvalue weighted by Crippen LogP contribution is 2.32. The lowest BCUT2D eigenvalue weighted by Crippen LogP contribution is -2.17. The standard InChI is InChI=1S/C13H17NO2/c1-8-5-10-6-11(15-3)7-12(16-4)13(10)9(2)14-8/h6-8H,5H2,1-4H3/t8-/m0/s1. The van der Waals surface area contributed by atoms with Gasteiger partial charge in [-0.2, -0.15) is 0 Å². The predicted molar refractivity (Wildman–Crippen MR) is 64.9 cm³/mol. The van der Waals surface area contributed by atoms with Crippen molar-refractivity contribution in [1.82, 2.24) is 0 Å². The van der Waals surface area contributed by atoms with Gasteiger partial charge in [0, 0.05) is 17.3 Å². The van der Waals surface area contributed by atoms with Crippen LogP contribution in [0.1, 0.15) is 25.0 Å². The van der Waals surface area contributed by atoms with Crippen molar-refractivity contribution in [3.63, 3.8) is 0 Å². The van der Waals surface area contributed by atoms with E-state index >= 15 is 0 Å². The molecule has 0 unspecified atom stereocenters. The third kappa shape index (κ3) is 1.77. The molecule has 1 aromatic carbocycles. The van der Waals surface area contributed by atoms with E-state index in [1.54, 1.807) is 14.2 Å². The fourth-order valence-electron chi connectivity index (χ4n) is 2.25. The molecule has 0 amide bonds. The fourth-order valence-corrected chi connectivity index (χ4v) is 2.25. The van der Waals surface area contributed by atoms with Crippen molar-refractivity contribution in [2.24, 2.45) is 4.99 Å². The molecule has 0 N–H and O–H groups in total. The van der Waals surface area contributed by atoms with Gasteiger partial charge in [0.25, 0.3) is 0 Å². The number of fused-ring (bicyclic) bond motifs is 1. The van der Waals surface area contributed by atoms with Gasteiger partial charge in [0.1, 0.15) is 11.5 Å². The Bertz CT molecular complexity index is 438. The average molecular weight is 219 g/mol. The molecule has 3 heteroatoms. The minimum absolute atomic E-state index is 0.337. The first kappa shape index (κ1) is 11.0. The maximum absolute atomic E-state index is 5.40. The maximum Gasteiger partial charge on any atom is 0.131 e. The zero-order valence-electron chi connectivity index (χ0n) is 10.2. The molecule has 0 bridgehead atoms. The number of nitrogens with zero attached hydrogens (tertiary/aromatic N) is 1. The van der Waals surface area contributed by atoms with Crippen LogP contribution >= 0.6 is 0 Å². The third-order valence-corrected chi connectivity index (χ3v) is 2.90. The van der Waals surface area contributed by atoms with Crippen LogP contribution in [0.4, 0.5) is 0 Å².